The van der Waals surface area contributed by atoms with Crippen molar-refractivity contribution in [1.82, 2.24) is 9.88 Å². The van der Waals surface area contributed by atoms with Crippen LogP contribution in [0.15, 0.2) is 12.3 Å². The van der Waals surface area contributed by atoms with Gasteiger partial charge in [-0.2, -0.15) is 0 Å². The van der Waals surface area contributed by atoms with Crippen molar-refractivity contribution in [2.24, 2.45) is 0 Å². The number of hydrogen-bond donors (Lipinski definition) is 2. The topological polar surface area (TPSA) is 74.7 Å². The first-order valence-electron chi connectivity index (χ1n) is 6.56. The molecule has 0 spiro atoms. The van der Waals surface area contributed by atoms with Gasteiger partial charge in [-0.25, -0.2) is 9.37 Å². The first kappa shape index (κ1) is 14.7. The number of pyridine rings is 1. The van der Waals surface area contributed by atoms with Crippen LogP contribution in [0.4, 0.5) is 10.2 Å². The van der Waals surface area contributed by atoms with Gasteiger partial charge >= 0.3 is 0 Å². The van der Waals surface area contributed by atoms with E-state index in [1.54, 1.807) is 4.90 Å². The predicted molar refractivity (Wildman–Crippen MR) is 71.1 cm³/mol. The maximum Gasteiger partial charge on any atom is 0.257 e. The Balaban J connectivity index is 2.21. The van der Waals surface area contributed by atoms with Crippen molar-refractivity contribution in [2.45, 2.75) is 13.0 Å². The van der Waals surface area contributed by atoms with Crippen molar-refractivity contribution in [2.75, 3.05) is 38.2 Å². The fourth-order valence-corrected chi connectivity index (χ4v) is 2.10. The summed E-state index contributed by atoms with van der Waals surface area (Å²) in [6, 6.07) is 1.18. The molecule has 1 aliphatic heterocycles. The van der Waals surface area contributed by atoms with E-state index in [0.29, 0.717) is 25.5 Å². The molecule has 2 heterocycles. The molecule has 1 atom stereocenters. The van der Waals surface area contributed by atoms with E-state index in [9.17, 15) is 9.18 Å². The third-order valence-electron chi connectivity index (χ3n) is 3.06. The third-order valence-corrected chi connectivity index (χ3v) is 3.06. The molecule has 2 rings (SSSR count). The lowest BCUT2D eigenvalue weighted by atomic mass is 10.2. The molecule has 6 nitrogen and oxygen atoms in total. The van der Waals surface area contributed by atoms with Gasteiger partial charge in [-0.1, -0.05) is 0 Å². The van der Waals surface area contributed by atoms with E-state index in [4.69, 9.17) is 9.84 Å². The van der Waals surface area contributed by atoms with Crippen LogP contribution in [0.3, 0.4) is 0 Å². The van der Waals surface area contributed by atoms with E-state index in [1.165, 1.54) is 6.07 Å². The zero-order chi connectivity index (χ0) is 14.5. The SMILES string of the molecule is CCNc1ncc(F)cc1C(=O)N1CCOC(CO)C1. The van der Waals surface area contributed by atoms with Crippen LogP contribution < -0.4 is 5.32 Å². The summed E-state index contributed by atoms with van der Waals surface area (Å²) < 4.78 is 18.6. The Hall–Kier alpha value is -1.73. The molecule has 1 aromatic rings. The van der Waals surface area contributed by atoms with Crippen molar-refractivity contribution in [3.63, 3.8) is 0 Å². The number of amides is 1. The fraction of sp³-hybridized carbons (Fsp3) is 0.538. The quantitative estimate of drug-likeness (QED) is 0.841. The largest absolute Gasteiger partial charge is 0.394 e. The average molecular weight is 283 g/mol. The van der Waals surface area contributed by atoms with E-state index in [-0.39, 0.29) is 24.6 Å². The van der Waals surface area contributed by atoms with Crippen molar-refractivity contribution < 1.29 is 19.0 Å². The second-order valence-corrected chi connectivity index (χ2v) is 4.51. The Bertz CT molecular complexity index is 484. The summed E-state index contributed by atoms with van der Waals surface area (Å²) in [6.07, 6.45) is 0.682. The summed E-state index contributed by atoms with van der Waals surface area (Å²) in [4.78, 5) is 17.9. The van der Waals surface area contributed by atoms with Crippen LogP contribution in [0.1, 0.15) is 17.3 Å². The van der Waals surface area contributed by atoms with Crippen LogP contribution in [0.5, 0.6) is 0 Å². The molecule has 1 amide bonds. The van der Waals surface area contributed by atoms with Gasteiger partial charge in [0, 0.05) is 19.6 Å². The first-order chi connectivity index (χ1) is 9.65. The second kappa shape index (κ2) is 6.62. The summed E-state index contributed by atoms with van der Waals surface area (Å²) in [5, 5.41) is 12.0. The van der Waals surface area contributed by atoms with Gasteiger partial charge in [-0.15, -0.1) is 0 Å². The van der Waals surface area contributed by atoms with Crippen LogP contribution >= 0.6 is 0 Å². The minimum Gasteiger partial charge on any atom is -0.394 e. The van der Waals surface area contributed by atoms with Crippen LogP contribution in [-0.4, -0.2) is 59.8 Å². The van der Waals surface area contributed by atoms with Crippen molar-refractivity contribution in [3.05, 3.63) is 23.6 Å². The zero-order valence-electron chi connectivity index (χ0n) is 11.3. The maximum atomic E-state index is 13.3. The Morgan fingerprint density at radius 1 is 1.70 bits per heavy atom. The van der Waals surface area contributed by atoms with E-state index in [0.717, 1.165) is 6.20 Å². The average Bonchev–Trinajstić information content (AvgIpc) is 2.48. The van der Waals surface area contributed by atoms with Gasteiger partial charge in [0.2, 0.25) is 0 Å². The summed E-state index contributed by atoms with van der Waals surface area (Å²) in [6.45, 7) is 3.37. The molecule has 20 heavy (non-hydrogen) atoms. The van der Waals surface area contributed by atoms with Crippen LogP contribution in [0, 0.1) is 5.82 Å². The summed E-state index contributed by atoms with van der Waals surface area (Å²) >= 11 is 0. The first-order valence-corrected chi connectivity index (χ1v) is 6.56. The molecular formula is C13H18FN3O3. The number of hydrogen-bond acceptors (Lipinski definition) is 5. The molecule has 7 heteroatoms. The minimum absolute atomic E-state index is 0.148. The number of rotatable bonds is 4. The molecule has 1 aromatic heterocycles. The zero-order valence-corrected chi connectivity index (χ0v) is 11.3. The smallest absolute Gasteiger partial charge is 0.257 e. The lowest BCUT2D eigenvalue weighted by Crippen LogP contribution is -2.47. The standard InChI is InChI=1S/C13H18FN3O3/c1-2-15-12-11(5-9(14)6-16-12)13(19)17-3-4-20-10(7-17)8-18/h5-6,10,18H,2-4,7-8H2,1H3,(H,15,16). The number of aliphatic hydroxyl groups excluding tert-OH is 1. The number of nitrogens with one attached hydrogen (secondary N) is 1. The number of aliphatic hydroxyl groups is 1. The number of carbonyl (C=O) groups excluding carboxylic acids is 1. The molecule has 0 bridgehead atoms. The Morgan fingerprint density at radius 2 is 2.50 bits per heavy atom. The molecule has 1 fully saturated rings. The van der Waals surface area contributed by atoms with Crippen molar-refractivity contribution in [1.29, 1.82) is 0 Å². The lowest BCUT2D eigenvalue weighted by molar-refractivity contribution is -0.0447. The molecule has 0 aromatic carbocycles. The second-order valence-electron chi connectivity index (χ2n) is 4.51. The van der Waals surface area contributed by atoms with Crippen LogP contribution in [-0.2, 0) is 4.74 Å². The van der Waals surface area contributed by atoms with Gasteiger partial charge in [0.25, 0.3) is 5.91 Å². The number of anilines is 1. The normalized spacial score (nSPS) is 18.9. The van der Waals surface area contributed by atoms with E-state index in [2.05, 4.69) is 10.3 Å². The molecular weight excluding hydrogens is 265 g/mol. The fourth-order valence-electron chi connectivity index (χ4n) is 2.10. The number of nitrogens with zero attached hydrogens (tertiary/aromatic N) is 2. The highest BCUT2D eigenvalue weighted by atomic mass is 19.1. The maximum absolute atomic E-state index is 13.3. The number of halogens is 1. The lowest BCUT2D eigenvalue weighted by Gasteiger charge is -2.32. The Morgan fingerprint density at radius 3 is 3.20 bits per heavy atom. The molecule has 110 valence electrons. The third kappa shape index (κ3) is 3.23. The van der Waals surface area contributed by atoms with Gasteiger partial charge in [0.05, 0.1) is 31.1 Å². The summed E-state index contributed by atoms with van der Waals surface area (Å²) in [5.74, 6) is -0.498. The van der Waals surface area contributed by atoms with Crippen LogP contribution in [0.2, 0.25) is 0 Å². The predicted octanol–water partition coefficient (Wildman–Crippen LogP) is 0.486. The number of ether oxygens (including phenoxy) is 1. The molecule has 1 saturated heterocycles. The van der Waals surface area contributed by atoms with Crippen molar-refractivity contribution >= 4 is 11.7 Å². The molecule has 1 aliphatic rings. The van der Waals surface area contributed by atoms with Gasteiger partial charge in [0.1, 0.15) is 11.6 Å². The van der Waals surface area contributed by atoms with Gasteiger partial charge < -0.3 is 20.1 Å². The molecule has 1 unspecified atom stereocenters. The van der Waals surface area contributed by atoms with Crippen molar-refractivity contribution in [3.8, 4) is 0 Å². The monoisotopic (exact) mass is 283 g/mol. The van der Waals surface area contributed by atoms with E-state index in [1.807, 2.05) is 6.92 Å². The highest BCUT2D eigenvalue weighted by molar-refractivity contribution is 5.98. The van der Waals surface area contributed by atoms with Crippen LogP contribution in [0.25, 0.3) is 0 Å². The number of morpholine rings is 1. The van der Waals surface area contributed by atoms with Gasteiger partial charge in [0.15, 0.2) is 0 Å². The Labute approximate surface area is 116 Å². The summed E-state index contributed by atoms with van der Waals surface area (Å²) in [7, 11) is 0. The van der Waals surface area contributed by atoms with E-state index < -0.39 is 11.9 Å². The molecule has 0 saturated carbocycles. The summed E-state index contributed by atoms with van der Waals surface area (Å²) in [5.41, 5.74) is 0.199. The number of carbonyl (C=O) groups is 1. The highest BCUT2D eigenvalue weighted by Gasteiger charge is 2.26. The molecule has 2 N–H and O–H groups in total. The minimum atomic E-state index is -0.554. The molecule has 0 aliphatic carbocycles. The Kier molecular flexibility index (Phi) is 4.86. The van der Waals surface area contributed by atoms with Gasteiger partial charge in [-0.3, -0.25) is 4.79 Å². The number of aromatic nitrogens is 1. The van der Waals surface area contributed by atoms with Gasteiger partial charge in [-0.05, 0) is 13.0 Å². The van der Waals surface area contributed by atoms with E-state index >= 15 is 0 Å². The molecule has 0 radical (unpaired) electrons. The highest BCUT2D eigenvalue weighted by Crippen LogP contribution is 2.18.